The van der Waals surface area contributed by atoms with Crippen molar-refractivity contribution in [3.8, 4) is 17.2 Å². The number of benzene rings is 2. The number of fused-ring (bicyclic) bond motifs is 2. The third-order valence-electron chi connectivity index (χ3n) is 3.34. The van der Waals surface area contributed by atoms with E-state index in [9.17, 15) is 21.6 Å². The summed E-state index contributed by atoms with van der Waals surface area (Å²) < 4.78 is 72.9. The van der Waals surface area contributed by atoms with Crippen LogP contribution >= 0.6 is 0 Å². The van der Waals surface area contributed by atoms with Crippen molar-refractivity contribution in [2.75, 3.05) is 0 Å². The fourth-order valence-electron chi connectivity index (χ4n) is 2.13. The Bertz CT molecular complexity index is 859. The fourth-order valence-corrected chi connectivity index (χ4v) is 3.61. The van der Waals surface area contributed by atoms with Gasteiger partial charge in [-0.3, -0.25) is 0 Å². The van der Waals surface area contributed by atoms with Crippen LogP contribution in [0.1, 0.15) is 6.92 Å². The van der Waals surface area contributed by atoms with E-state index in [1.165, 1.54) is 24.3 Å². The van der Waals surface area contributed by atoms with Gasteiger partial charge in [-0.25, -0.2) is 8.42 Å². The van der Waals surface area contributed by atoms with Gasteiger partial charge >= 0.3 is 6.18 Å². The number of alkyl halides is 3. The molecule has 3 rings (SSSR count). The van der Waals surface area contributed by atoms with Gasteiger partial charge in [0.2, 0.25) is 9.84 Å². The Morgan fingerprint density at radius 3 is 2.39 bits per heavy atom. The van der Waals surface area contributed by atoms with Gasteiger partial charge < -0.3 is 9.47 Å². The number of hydrogen-bond donors (Lipinski definition) is 0. The van der Waals surface area contributed by atoms with Gasteiger partial charge in [0.25, 0.3) is 0 Å². The van der Waals surface area contributed by atoms with E-state index >= 15 is 0 Å². The molecule has 0 saturated carbocycles. The zero-order valence-corrected chi connectivity index (χ0v) is 12.6. The molecule has 0 fully saturated rings. The summed E-state index contributed by atoms with van der Waals surface area (Å²) in [5.41, 5.74) is 0. The minimum Gasteiger partial charge on any atom is -0.481 e. The molecule has 0 amide bonds. The summed E-state index contributed by atoms with van der Waals surface area (Å²) in [6.07, 6.45) is -6.54. The second-order valence-corrected chi connectivity index (χ2v) is 6.85. The lowest BCUT2D eigenvalue weighted by Gasteiger charge is -2.22. The van der Waals surface area contributed by atoms with Crippen molar-refractivity contribution in [3.63, 3.8) is 0 Å². The highest BCUT2D eigenvalue weighted by Gasteiger charge is 2.38. The first-order chi connectivity index (χ1) is 10.7. The molecule has 4 nitrogen and oxygen atoms in total. The normalized spacial score (nSPS) is 16.7. The number of ether oxygens (including phenoxy) is 2. The van der Waals surface area contributed by atoms with Crippen molar-refractivity contribution in [1.82, 2.24) is 0 Å². The van der Waals surface area contributed by atoms with E-state index in [0.717, 1.165) is 13.0 Å². The van der Waals surface area contributed by atoms with Crippen LogP contribution in [0.15, 0.2) is 52.3 Å². The van der Waals surface area contributed by atoms with Gasteiger partial charge in [0.05, 0.1) is 0 Å². The average molecular weight is 344 g/mol. The SMILES string of the molecule is C[C@@H](Oc1ccc2c(c1)Oc1ccccc1S2(=O)=O)C(F)(F)F. The molecule has 2 aromatic carbocycles. The van der Waals surface area contributed by atoms with Gasteiger partial charge in [0.1, 0.15) is 27.0 Å². The van der Waals surface area contributed by atoms with E-state index in [2.05, 4.69) is 0 Å². The van der Waals surface area contributed by atoms with Gasteiger partial charge in [-0.15, -0.1) is 0 Å². The van der Waals surface area contributed by atoms with Crippen molar-refractivity contribution in [2.45, 2.75) is 29.0 Å². The third-order valence-corrected chi connectivity index (χ3v) is 5.17. The Hall–Kier alpha value is -2.22. The summed E-state index contributed by atoms with van der Waals surface area (Å²) in [6.45, 7) is 0.867. The number of hydrogen-bond acceptors (Lipinski definition) is 4. The third kappa shape index (κ3) is 2.74. The number of sulfone groups is 1. The van der Waals surface area contributed by atoms with Crippen molar-refractivity contribution in [1.29, 1.82) is 0 Å². The van der Waals surface area contributed by atoms with Gasteiger partial charge in [-0.2, -0.15) is 13.2 Å². The Morgan fingerprint density at radius 1 is 1.04 bits per heavy atom. The molecule has 122 valence electrons. The molecule has 0 bridgehead atoms. The van der Waals surface area contributed by atoms with Gasteiger partial charge in [-0.1, -0.05) is 12.1 Å². The van der Waals surface area contributed by atoms with Crippen molar-refractivity contribution >= 4 is 9.84 Å². The Labute approximate surface area is 130 Å². The first-order valence-electron chi connectivity index (χ1n) is 6.59. The van der Waals surface area contributed by atoms with Crippen molar-refractivity contribution in [3.05, 3.63) is 42.5 Å². The van der Waals surface area contributed by atoms with Crippen LogP contribution in [0.5, 0.6) is 17.2 Å². The molecule has 8 heteroatoms. The molecule has 2 aromatic rings. The first-order valence-corrected chi connectivity index (χ1v) is 8.07. The maximum absolute atomic E-state index is 12.5. The van der Waals surface area contributed by atoms with E-state index in [4.69, 9.17) is 9.47 Å². The first kappa shape index (κ1) is 15.7. The lowest BCUT2D eigenvalue weighted by molar-refractivity contribution is -0.189. The Kier molecular flexibility index (Phi) is 3.51. The maximum Gasteiger partial charge on any atom is 0.425 e. The summed E-state index contributed by atoms with van der Waals surface area (Å²) in [5.74, 6) is -0.0558. The van der Waals surface area contributed by atoms with Crippen LogP contribution in [-0.4, -0.2) is 20.7 Å². The molecule has 0 radical (unpaired) electrons. The zero-order valence-electron chi connectivity index (χ0n) is 11.8. The predicted molar refractivity (Wildman–Crippen MR) is 74.6 cm³/mol. The van der Waals surface area contributed by atoms with E-state index in [0.29, 0.717) is 0 Å². The molecule has 0 unspecified atom stereocenters. The highest BCUT2D eigenvalue weighted by Crippen LogP contribution is 2.43. The summed E-state index contributed by atoms with van der Waals surface area (Å²) in [6, 6.07) is 9.55. The van der Waals surface area contributed by atoms with Gasteiger partial charge in [-0.05, 0) is 31.2 Å². The summed E-state index contributed by atoms with van der Waals surface area (Å²) >= 11 is 0. The smallest absolute Gasteiger partial charge is 0.425 e. The second-order valence-electron chi connectivity index (χ2n) is 4.96. The molecule has 1 aliphatic rings. The van der Waals surface area contributed by atoms with Crippen LogP contribution in [0.4, 0.5) is 13.2 Å². The summed E-state index contributed by atoms with van der Waals surface area (Å²) in [5, 5.41) is 0. The van der Waals surface area contributed by atoms with Gasteiger partial charge in [0, 0.05) is 6.07 Å². The molecule has 1 heterocycles. The monoisotopic (exact) mass is 344 g/mol. The molecule has 1 atom stereocenters. The average Bonchev–Trinajstić information content (AvgIpc) is 2.46. The summed E-state index contributed by atoms with van der Waals surface area (Å²) in [7, 11) is -3.78. The minimum absolute atomic E-state index is 0.0184. The molecular weight excluding hydrogens is 333 g/mol. The van der Waals surface area contributed by atoms with Crippen LogP contribution in [-0.2, 0) is 9.84 Å². The molecule has 0 aromatic heterocycles. The van der Waals surface area contributed by atoms with Crippen LogP contribution in [0.25, 0.3) is 0 Å². The van der Waals surface area contributed by atoms with Crippen molar-refractivity contribution < 1.29 is 31.1 Å². The molecular formula is C15H11F3O4S. The van der Waals surface area contributed by atoms with Crippen LogP contribution < -0.4 is 9.47 Å². The largest absolute Gasteiger partial charge is 0.481 e. The van der Waals surface area contributed by atoms with E-state index < -0.39 is 22.1 Å². The lowest BCUT2D eigenvalue weighted by Crippen LogP contribution is -2.31. The number of para-hydroxylation sites is 1. The van der Waals surface area contributed by atoms with Gasteiger partial charge in [0.15, 0.2) is 6.10 Å². The molecule has 0 aliphatic carbocycles. The highest BCUT2D eigenvalue weighted by atomic mass is 32.2. The quantitative estimate of drug-likeness (QED) is 0.706. The predicted octanol–water partition coefficient (Wildman–Crippen LogP) is 3.95. The lowest BCUT2D eigenvalue weighted by atomic mass is 10.3. The standard InChI is InChI=1S/C15H11F3O4S/c1-9(15(16,17)18)21-10-6-7-14-12(8-10)22-11-4-2-3-5-13(11)23(14,19)20/h2-9H,1H3/t9-/m1/s1. The topological polar surface area (TPSA) is 52.6 Å². The highest BCUT2D eigenvalue weighted by molar-refractivity contribution is 7.91. The number of halogens is 3. The maximum atomic E-state index is 12.5. The van der Waals surface area contributed by atoms with E-state index in [1.807, 2.05) is 0 Å². The number of rotatable bonds is 2. The van der Waals surface area contributed by atoms with Crippen LogP contribution in [0, 0.1) is 0 Å². The Balaban J connectivity index is 2.00. The van der Waals surface area contributed by atoms with E-state index in [-0.39, 0.29) is 27.0 Å². The molecule has 0 saturated heterocycles. The zero-order chi connectivity index (χ0) is 16.8. The van der Waals surface area contributed by atoms with Crippen LogP contribution in [0.3, 0.4) is 0 Å². The molecule has 0 N–H and O–H groups in total. The summed E-state index contributed by atoms with van der Waals surface area (Å²) in [4.78, 5) is -0.0898. The minimum atomic E-state index is -4.52. The van der Waals surface area contributed by atoms with E-state index in [1.54, 1.807) is 12.1 Å². The molecule has 1 aliphatic heterocycles. The molecule has 0 spiro atoms. The van der Waals surface area contributed by atoms with Crippen LogP contribution in [0.2, 0.25) is 0 Å². The Morgan fingerprint density at radius 2 is 1.70 bits per heavy atom. The van der Waals surface area contributed by atoms with Crippen molar-refractivity contribution in [2.24, 2.45) is 0 Å². The second kappa shape index (κ2) is 5.16. The fraction of sp³-hybridized carbons (Fsp3) is 0.200. The molecule has 23 heavy (non-hydrogen) atoms.